The molecule has 0 spiro atoms. The van der Waals surface area contributed by atoms with Crippen molar-refractivity contribution in [2.24, 2.45) is 0 Å². The highest BCUT2D eigenvalue weighted by atomic mass is 16.4. The van der Waals surface area contributed by atoms with Crippen LogP contribution in [-0.4, -0.2) is 22.2 Å². The lowest BCUT2D eigenvalue weighted by atomic mass is 9.81. The Bertz CT molecular complexity index is 497. The first-order valence-electron chi connectivity index (χ1n) is 6.75. The first-order valence-corrected chi connectivity index (χ1v) is 2.75. The smallest absolute Gasteiger partial charge is 0.423 e. The number of rotatable bonds is 1. The largest absolute Gasteiger partial charge is 0.490 e. The molecule has 58 valence electrons. The summed E-state index contributed by atoms with van der Waals surface area (Å²) in [6.07, 6.45) is -0.848. The van der Waals surface area contributed by atoms with E-state index in [2.05, 4.69) is 4.98 Å². The minimum absolute atomic E-state index is 0.737. The molecule has 1 aromatic rings. The van der Waals surface area contributed by atoms with Gasteiger partial charge in [-0.3, -0.25) is 4.98 Å². The maximum atomic E-state index is 9.02. The quantitative estimate of drug-likeness (QED) is 0.537. The van der Waals surface area contributed by atoms with Crippen molar-refractivity contribution in [3.63, 3.8) is 0 Å². The van der Waals surface area contributed by atoms with Crippen LogP contribution in [0.3, 0.4) is 0 Å². The first-order chi connectivity index (χ1) is 8.37. The van der Waals surface area contributed by atoms with Gasteiger partial charge in [0.25, 0.3) is 0 Å². The Labute approximate surface area is 77.1 Å². The lowest BCUT2D eigenvalue weighted by Crippen LogP contribution is -2.30. The molecule has 1 rings (SSSR count). The van der Waals surface area contributed by atoms with Crippen LogP contribution in [0.25, 0.3) is 0 Å². The monoisotopic (exact) mass is 159 g/mol. The van der Waals surface area contributed by atoms with E-state index < -0.39 is 49.8 Å². The van der Waals surface area contributed by atoms with Crippen molar-refractivity contribution in [3.05, 3.63) is 23.5 Å². The van der Waals surface area contributed by atoms with E-state index in [0.29, 0.717) is 0 Å². The summed E-state index contributed by atoms with van der Waals surface area (Å²) >= 11 is 0. The summed E-state index contributed by atoms with van der Waals surface area (Å²) in [4.78, 5) is 3.30. The zero-order valence-electron chi connectivity index (χ0n) is 13.4. The highest BCUT2D eigenvalue weighted by molar-refractivity contribution is 6.58. The molecule has 0 aliphatic carbocycles. The van der Waals surface area contributed by atoms with Crippen molar-refractivity contribution in [2.75, 3.05) is 0 Å². The van der Waals surface area contributed by atoms with Gasteiger partial charge in [-0.2, -0.15) is 0 Å². The second kappa shape index (κ2) is 3.03. The average Bonchev–Trinajstić information content (AvgIpc) is 2.11. The van der Waals surface area contributed by atoms with Crippen molar-refractivity contribution in [2.45, 2.75) is 13.7 Å². The molecule has 3 nitrogen and oxygen atoms in total. The second-order valence-electron chi connectivity index (χ2n) is 1.86. The molecule has 0 aliphatic heterocycles. The molecule has 0 saturated carbocycles. The summed E-state index contributed by atoms with van der Waals surface area (Å²) in [5.74, 6) is 0. The molecular weight excluding hydrogens is 141 g/mol. The number of hydrogen-bond acceptors (Lipinski definition) is 3. The van der Waals surface area contributed by atoms with Gasteiger partial charge in [-0.15, -0.1) is 0 Å². The molecule has 11 heavy (non-hydrogen) atoms. The SMILES string of the molecule is [2H]c1nc(C([2H])([2H])[2H])c(C([2H])([2H])[2H])c([2H])c1B(O)O. The predicted molar refractivity (Wildman–Crippen MR) is 43.5 cm³/mol. The van der Waals surface area contributed by atoms with E-state index in [0.717, 1.165) is 0 Å². The van der Waals surface area contributed by atoms with Gasteiger partial charge in [-0.25, -0.2) is 0 Å². The van der Waals surface area contributed by atoms with E-state index in [1.54, 1.807) is 0 Å². The number of aryl methyl sites for hydroxylation is 1. The van der Waals surface area contributed by atoms with Crippen LogP contribution in [0.5, 0.6) is 0 Å². The highest BCUT2D eigenvalue weighted by Crippen LogP contribution is 1.98. The first kappa shape index (κ1) is 2.57. The van der Waals surface area contributed by atoms with Gasteiger partial charge in [0.2, 0.25) is 0 Å². The molecule has 1 heterocycles. The Morgan fingerprint density at radius 3 is 3.00 bits per heavy atom. The summed E-state index contributed by atoms with van der Waals surface area (Å²) in [7, 11) is -2.28. The van der Waals surface area contributed by atoms with Crippen molar-refractivity contribution >= 4 is 12.6 Å². The topological polar surface area (TPSA) is 53.4 Å². The van der Waals surface area contributed by atoms with Crippen LogP contribution in [0.4, 0.5) is 0 Å². The van der Waals surface area contributed by atoms with E-state index in [1.807, 2.05) is 0 Å². The fourth-order valence-corrected chi connectivity index (χ4v) is 0.516. The third-order valence-electron chi connectivity index (χ3n) is 1.04. The standard InChI is InChI=1S/C7H10BNO2/c1-5-3-7(8(10)11)4-9-6(5)2/h3-4,10-11H,1-2H3/i1D3,2D3,3D,4D. The molecule has 2 N–H and O–H groups in total. The van der Waals surface area contributed by atoms with Crippen LogP contribution in [0.15, 0.2) is 12.2 Å². The van der Waals surface area contributed by atoms with Crippen molar-refractivity contribution in [1.29, 1.82) is 0 Å². The molecule has 0 aromatic carbocycles. The zero-order valence-corrected chi connectivity index (χ0v) is 5.42. The zero-order chi connectivity index (χ0) is 15.2. The molecule has 0 saturated heterocycles. The number of aromatic nitrogens is 1. The molecule has 0 atom stereocenters. The van der Waals surface area contributed by atoms with Crippen molar-refractivity contribution in [1.82, 2.24) is 4.98 Å². The molecule has 0 aliphatic rings. The second-order valence-corrected chi connectivity index (χ2v) is 1.86. The summed E-state index contributed by atoms with van der Waals surface area (Å²) < 4.78 is 58.3. The Morgan fingerprint density at radius 1 is 1.64 bits per heavy atom. The van der Waals surface area contributed by atoms with Gasteiger partial charge in [0.1, 0.15) is 0 Å². The van der Waals surface area contributed by atoms with Crippen molar-refractivity contribution in [3.8, 4) is 0 Å². The molecule has 0 amide bonds. The van der Waals surface area contributed by atoms with E-state index in [1.165, 1.54) is 0 Å². The van der Waals surface area contributed by atoms with Gasteiger partial charge >= 0.3 is 7.12 Å². The highest BCUT2D eigenvalue weighted by Gasteiger charge is 2.11. The molecule has 1 aromatic heterocycles. The summed E-state index contributed by atoms with van der Waals surface area (Å²) in [5, 5.41) is 18.0. The van der Waals surface area contributed by atoms with Gasteiger partial charge in [0.15, 0.2) is 0 Å². The van der Waals surface area contributed by atoms with Gasteiger partial charge < -0.3 is 10.0 Å². The van der Waals surface area contributed by atoms with Gasteiger partial charge in [0.05, 0.1) is 2.74 Å². The van der Waals surface area contributed by atoms with Crippen molar-refractivity contribution < 1.29 is 21.0 Å². The molecule has 0 fully saturated rings. The molecule has 4 heteroatoms. The van der Waals surface area contributed by atoms with E-state index in [9.17, 15) is 0 Å². The average molecular weight is 159 g/mol. The third kappa shape index (κ3) is 1.79. The van der Waals surface area contributed by atoms with Crippen LogP contribution in [-0.2, 0) is 0 Å². The number of pyridine rings is 1. The van der Waals surface area contributed by atoms with Gasteiger partial charge in [-0.1, -0.05) is 6.04 Å². The van der Waals surface area contributed by atoms with E-state index in [4.69, 9.17) is 21.0 Å². The van der Waals surface area contributed by atoms with E-state index >= 15 is 0 Å². The lowest BCUT2D eigenvalue weighted by Gasteiger charge is -2.01. The summed E-state index contributed by atoms with van der Waals surface area (Å²) in [6.45, 7) is -5.89. The van der Waals surface area contributed by atoms with Crippen LogP contribution in [0.2, 0.25) is 0 Å². The maximum absolute atomic E-state index is 9.02. The minimum atomic E-state index is -2.97. The van der Waals surface area contributed by atoms with Crippen LogP contribution in [0.1, 0.15) is 22.2 Å². The normalized spacial score (nSPS) is 22.7. The fraction of sp³-hybridized carbons (Fsp3) is 0.286. The van der Waals surface area contributed by atoms with Gasteiger partial charge in [0, 0.05) is 25.6 Å². The van der Waals surface area contributed by atoms with Crippen LogP contribution >= 0.6 is 0 Å². The maximum Gasteiger partial charge on any atom is 0.490 e. The summed E-state index contributed by atoms with van der Waals surface area (Å²) in [5.41, 5.74) is -2.53. The Balaban J connectivity index is 3.79. The third-order valence-corrected chi connectivity index (χ3v) is 1.04. The van der Waals surface area contributed by atoms with E-state index in [-0.39, 0.29) is 0 Å². The Morgan fingerprint density at radius 2 is 2.45 bits per heavy atom. The molecule has 0 bridgehead atoms. The lowest BCUT2D eigenvalue weighted by molar-refractivity contribution is 0.425. The number of hydrogen-bond donors (Lipinski definition) is 2. The Kier molecular flexibility index (Phi) is 0.707. The van der Waals surface area contributed by atoms with Crippen LogP contribution < -0.4 is 5.46 Å². The molecule has 0 unspecified atom stereocenters. The van der Waals surface area contributed by atoms with Crippen LogP contribution in [0, 0.1) is 13.7 Å². The predicted octanol–water partition coefficient (Wildman–Crippen LogP) is -0.622. The minimum Gasteiger partial charge on any atom is -0.423 e. The molecule has 0 radical (unpaired) electrons. The fourth-order valence-electron chi connectivity index (χ4n) is 0.516. The Hall–Kier alpha value is -0.865. The number of nitrogens with zero attached hydrogens (tertiary/aromatic N) is 1. The summed E-state index contributed by atoms with van der Waals surface area (Å²) in [6, 6.07) is -0.916. The molecular formula is C7H10BNO2. The van der Waals surface area contributed by atoms with Gasteiger partial charge in [-0.05, 0) is 19.3 Å².